The lowest BCUT2D eigenvalue weighted by Crippen LogP contribution is -2.38. The van der Waals surface area contributed by atoms with Crippen LogP contribution in [0.4, 0.5) is 4.39 Å². The number of halogens is 2. The van der Waals surface area contributed by atoms with Crippen LogP contribution in [0.15, 0.2) is 22.7 Å². The summed E-state index contributed by atoms with van der Waals surface area (Å²) >= 11 is 3.14. The third-order valence-electron chi connectivity index (χ3n) is 2.87. The minimum absolute atomic E-state index is 0.0243. The number of amides is 1. The molecule has 1 amide bonds. The van der Waals surface area contributed by atoms with E-state index in [1.165, 1.54) is 12.1 Å². The largest absolute Gasteiger partial charge is 0.452 e. The lowest BCUT2D eigenvalue weighted by atomic mass is 10.1. The Morgan fingerprint density at radius 3 is 2.60 bits per heavy atom. The fraction of sp³-hybridized carbons (Fsp3) is 0.429. The molecule has 110 valence electrons. The van der Waals surface area contributed by atoms with Crippen molar-refractivity contribution < 1.29 is 18.7 Å². The molecule has 0 saturated heterocycles. The summed E-state index contributed by atoms with van der Waals surface area (Å²) in [5.41, 5.74) is -0.205. The van der Waals surface area contributed by atoms with E-state index in [2.05, 4.69) is 21.2 Å². The van der Waals surface area contributed by atoms with Crippen LogP contribution in [0.25, 0.3) is 0 Å². The van der Waals surface area contributed by atoms with Crippen LogP contribution < -0.4 is 5.32 Å². The second-order valence-corrected chi connectivity index (χ2v) is 5.72. The molecule has 1 atom stereocenters. The van der Waals surface area contributed by atoms with Crippen LogP contribution in [0.5, 0.6) is 0 Å². The van der Waals surface area contributed by atoms with Gasteiger partial charge in [-0.2, -0.15) is 0 Å². The molecule has 0 aliphatic rings. The molecule has 0 aliphatic carbocycles. The summed E-state index contributed by atoms with van der Waals surface area (Å²) in [7, 11) is 0. The van der Waals surface area contributed by atoms with Crippen molar-refractivity contribution in [2.24, 2.45) is 5.92 Å². The molecule has 0 radical (unpaired) electrons. The molecule has 0 fully saturated rings. The minimum atomic E-state index is -0.865. The average Bonchev–Trinajstić information content (AvgIpc) is 2.38. The van der Waals surface area contributed by atoms with E-state index in [1.807, 2.05) is 20.8 Å². The van der Waals surface area contributed by atoms with Gasteiger partial charge in [-0.1, -0.05) is 29.8 Å². The Labute approximate surface area is 125 Å². The van der Waals surface area contributed by atoms with E-state index < -0.39 is 24.3 Å². The number of ether oxygens (including phenoxy) is 1. The van der Waals surface area contributed by atoms with Crippen LogP contribution in [0.1, 0.15) is 31.1 Å². The maximum atomic E-state index is 13.4. The Kier molecular flexibility index (Phi) is 6.13. The second kappa shape index (κ2) is 7.38. The molecule has 1 N–H and O–H groups in total. The van der Waals surface area contributed by atoms with Crippen LogP contribution in [0, 0.1) is 11.7 Å². The quantitative estimate of drug-likeness (QED) is 0.834. The number of benzene rings is 1. The molecule has 6 heteroatoms. The van der Waals surface area contributed by atoms with Crippen LogP contribution in [-0.4, -0.2) is 24.5 Å². The van der Waals surface area contributed by atoms with Crippen molar-refractivity contribution in [3.63, 3.8) is 0 Å². The Hall–Kier alpha value is -1.43. The Balaban J connectivity index is 2.55. The summed E-state index contributed by atoms with van der Waals surface area (Å²) in [6, 6.07) is 3.92. The molecule has 0 unspecified atom stereocenters. The third-order valence-corrected chi connectivity index (χ3v) is 3.36. The molecule has 20 heavy (non-hydrogen) atoms. The van der Waals surface area contributed by atoms with Gasteiger partial charge in [-0.05, 0) is 31.0 Å². The molecule has 1 aromatic rings. The Bertz CT molecular complexity index is 505. The SMILES string of the molecule is CC(C)[C@H](C)NC(=O)COC(=O)c1cc(Br)ccc1F. The predicted octanol–water partition coefficient (Wildman–Crippen LogP) is 2.91. The number of carbonyl (C=O) groups is 2. The van der Waals surface area contributed by atoms with Crippen molar-refractivity contribution in [1.82, 2.24) is 5.32 Å². The van der Waals surface area contributed by atoms with Crippen LogP contribution in [0.2, 0.25) is 0 Å². The van der Waals surface area contributed by atoms with E-state index in [9.17, 15) is 14.0 Å². The van der Waals surface area contributed by atoms with Gasteiger partial charge in [0.1, 0.15) is 5.82 Å². The summed E-state index contributed by atoms with van der Waals surface area (Å²) in [6.45, 7) is 5.36. The van der Waals surface area contributed by atoms with Crippen LogP contribution in [0.3, 0.4) is 0 Å². The lowest BCUT2D eigenvalue weighted by Gasteiger charge is -2.17. The van der Waals surface area contributed by atoms with E-state index in [0.717, 1.165) is 6.07 Å². The maximum Gasteiger partial charge on any atom is 0.341 e. The monoisotopic (exact) mass is 345 g/mol. The predicted molar refractivity (Wildman–Crippen MR) is 76.8 cm³/mol. The van der Waals surface area contributed by atoms with Crippen LogP contribution >= 0.6 is 15.9 Å². The van der Waals surface area contributed by atoms with E-state index in [4.69, 9.17) is 4.74 Å². The van der Waals surface area contributed by atoms with Gasteiger partial charge in [0.25, 0.3) is 5.91 Å². The smallest absolute Gasteiger partial charge is 0.341 e. The summed E-state index contributed by atoms with van der Waals surface area (Å²) in [4.78, 5) is 23.2. The first-order valence-corrected chi connectivity index (χ1v) is 7.02. The highest BCUT2D eigenvalue weighted by Crippen LogP contribution is 2.16. The molecule has 1 aromatic carbocycles. The molecule has 0 aliphatic heterocycles. The number of hydrogen-bond donors (Lipinski definition) is 1. The zero-order chi connectivity index (χ0) is 15.3. The third kappa shape index (κ3) is 4.92. The molecule has 1 rings (SSSR count). The first kappa shape index (κ1) is 16.6. The summed E-state index contributed by atoms with van der Waals surface area (Å²) in [6.07, 6.45) is 0. The van der Waals surface area contributed by atoms with Crippen molar-refractivity contribution in [3.05, 3.63) is 34.1 Å². The summed E-state index contributed by atoms with van der Waals surface area (Å²) in [5, 5.41) is 2.69. The number of carbonyl (C=O) groups excluding carboxylic acids is 2. The van der Waals surface area contributed by atoms with Gasteiger partial charge in [-0.3, -0.25) is 4.79 Å². The minimum Gasteiger partial charge on any atom is -0.452 e. The first-order chi connectivity index (χ1) is 9.31. The van der Waals surface area contributed by atoms with Crippen molar-refractivity contribution >= 4 is 27.8 Å². The van der Waals surface area contributed by atoms with Gasteiger partial charge in [0.15, 0.2) is 6.61 Å². The van der Waals surface area contributed by atoms with Gasteiger partial charge in [0, 0.05) is 10.5 Å². The van der Waals surface area contributed by atoms with Crippen molar-refractivity contribution in [1.29, 1.82) is 0 Å². The van der Waals surface area contributed by atoms with E-state index >= 15 is 0 Å². The molecule has 0 aromatic heterocycles. The average molecular weight is 346 g/mol. The zero-order valence-electron chi connectivity index (χ0n) is 11.6. The number of hydrogen-bond acceptors (Lipinski definition) is 3. The number of nitrogens with one attached hydrogen (secondary N) is 1. The fourth-order valence-corrected chi connectivity index (χ4v) is 1.69. The van der Waals surface area contributed by atoms with Crippen molar-refractivity contribution in [3.8, 4) is 0 Å². The highest BCUT2D eigenvalue weighted by molar-refractivity contribution is 9.10. The Morgan fingerprint density at radius 2 is 2.00 bits per heavy atom. The standard InChI is InChI=1S/C14H17BrFNO3/c1-8(2)9(3)17-13(18)7-20-14(19)11-6-10(15)4-5-12(11)16/h4-6,8-9H,7H2,1-3H3,(H,17,18)/t9-/m0/s1. The highest BCUT2D eigenvalue weighted by atomic mass is 79.9. The van der Waals surface area contributed by atoms with E-state index in [1.54, 1.807) is 0 Å². The maximum absolute atomic E-state index is 13.4. The van der Waals surface area contributed by atoms with E-state index in [-0.39, 0.29) is 17.5 Å². The van der Waals surface area contributed by atoms with Gasteiger partial charge in [0.05, 0.1) is 5.56 Å². The van der Waals surface area contributed by atoms with Crippen LogP contribution in [-0.2, 0) is 9.53 Å². The summed E-state index contributed by atoms with van der Waals surface area (Å²) in [5.74, 6) is -1.68. The molecule has 0 heterocycles. The lowest BCUT2D eigenvalue weighted by molar-refractivity contribution is -0.125. The topological polar surface area (TPSA) is 55.4 Å². The van der Waals surface area contributed by atoms with Gasteiger partial charge >= 0.3 is 5.97 Å². The zero-order valence-corrected chi connectivity index (χ0v) is 13.2. The fourth-order valence-electron chi connectivity index (χ4n) is 1.33. The van der Waals surface area contributed by atoms with Gasteiger partial charge in [-0.15, -0.1) is 0 Å². The molecular weight excluding hydrogens is 329 g/mol. The molecule has 0 saturated carbocycles. The normalized spacial score (nSPS) is 12.1. The summed E-state index contributed by atoms with van der Waals surface area (Å²) < 4.78 is 18.8. The molecule has 0 spiro atoms. The van der Waals surface area contributed by atoms with Crippen molar-refractivity contribution in [2.75, 3.05) is 6.61 Å². The van der Waals surface area contributed by atoms with Gasteiger partial charge < -0.3 is 10.1 Å². The van der Waals surface area contributed by atoms with E-state index in [0.29, 0.717) is 4.47 Å². The second-order valence-electron chi connectivity index (χ2n) is 4.80. The molecule has 0 bridgehead atoms. The molecule has 4 nitrogen and oxygen atoms in total. The number of esters is 1. The van der Waals surface area contributed by atoms with Crippen molar-refractivity contribution in [2.45, 2.75) is 26.8 Å². The van der Waals surface area contributed by atoms with Gasteiger partial charge in [0.2, 0.25) is 0 Å². The Morgan fingerprint density at radius 1 is 1.35 bits per heavy atom. The highest BCUT2D eigenvalue weighted by Gasteiger charge is 2.16. The van der Waals surface area contributed by atoms with Gasteiger partial charge in [-0.25, -0.2) is 9.18 Å². The first-order valence-electron chi connectivity index (χ1n) is 6.22. The number of rotatable bonds is 5. The molecular formula is C14H17BrFNO3.